The zero-order valence-electron chi connectivity index (χ0n) is 11.1. The van der Waals surface area contributed by atoms with Crippen LogP contribution in [-0.4, -0.2) is 36.3 Å². The Morgan fingerprint density at radius 3 is 2.58 bits per heavy atom. The smallest absolute Gasteiger partial charge is 0.354 e. The van der Waals surface area contributed by atoms with Crippen LogP contribution in [0.5, 0.6) is 0 Å². The minimum atomic E-state index is -0.480. The number of carbonyl (C=O) groups is 3. The van der Waals surface area contributed by atoms with Gasteiger partial charge in [-0.15, -0.1) is 0 Å². The summed E-state index contributed by atoms with van der Waals surface area (Å²) in [5, 5.41) is 2.38. The summed E-state index contributed by atoms with van der Waals surface area (Å²) in [6.07, 6.45) is 1.39. The van der Waals surface area contributed by atoms with Crippen LogP contribution in [-0.2, 0) is 14.3 Å². The summed E-state index contributed by atoms with van der Waals surface area (Å²) in [6.45, 7) is 3.29. The molecule has 1 heterocycles. The van der Waals surface area contributed by atoms with Gasteiger partial charge in [-0.25, -0.2) is 4.79 Å². The topological polar surface area (TPSA) is 88.3 Å². The Bertz CT molecular complexity index is 529. The van der Waals surface area contributed by atoms with Crippen molar-refractivity contribution in [2.45, 2.75) is 13.8 Å². The molecule has 1 amide bonds. The van der Waals surface area contributed by atoms with Gasteiger partial charge in [0.25, 0.3) is 5.91 Å². The lowest BCUT2D eigenvalue weighted by atomic mass is 10.1. The van der Waals surface area contributed by atoms with Gasteiger partial charge in [-0.2, -0.15) is 0 Å². The van der Waals surface area contributed by atoms with E-state index in [9.17, 15) is 14.4 Å². The number of hydrogen-bond acceptors (Lipinski definition) is 4. The average molecular weight is 264 g/mol. The summed E-state index contributed by atoms with van der Waals surface area (Å²) in [4.78, 5) is 37.1. The molecule has 0 bridgehead atoms. The predicted molar refractivity (Wildman–Crippen MR) is 69.5 cm³/mol. The molecule has 0 fully saturated rings. The van der Waals surface area contributed by atoms with Gasteiger partial charge in [-0.3, -0.25) is 9.59 Å². The van der Waals surface area contributed by atoms with E-state index in [-0.39, 0.29) is 23.7 Å². The molecule has 102 valence electrons. The van der Waals surface area contributed by atoms with Crippen molar-refractivity contribution >= 4 is 23.7 Å². The zero-order valence-corrected chi connectivity index (χ0v) is 11.1. The van der Waals surface area contributed by atoms with Gasteiger partial charge < -0.3 is 15.0 Å². The number of likely N-dealkylation sites (N-methyl/N-ethyl adjacent to an activating group) is 1. The molecule has 6 heteroatoms. The number of aromatic nitrogens is 1. The van der Waals surface area contributed by atoms with Crippen molar-refractivity contribution in [2.24, 2.45) is 0 Å². The number of rotatable bonds is 5. The van der Waals surface area contributed by atoms with Crippen LogP contribution in [0.3, 0.4) is 0 Å². The highest BCUT2D eigenvalue weighted by Gasteiger charge is 2.14. The molecule has 0 unspecified atom stereocenters. The first-order chi connectivity index (χ1) is 8.99. The molecule has 0 aliphatic carbocycles. The van der Waals surface area contributed by atoms with Crippen LogP contribution in [0.25, 0.3) is 6.08 Å². The second-order valence-corrected chi connectivity index (χ2v) is 3.74. The van der Waals surface area contributed by atoms with Crippen molar-refractivity contribution in [3.63, 3.8) is 0 Å². The summed E-state index contributed by atoms with van der Waals surface area (Å²) in [5.41, 5.74) is 0.768. The standard InChI is InChI=1S/C13H16N2O4/c1-4-19-13(18)11-6-5-9(15-11)7-10(8(2)16)12(17)14-3/h5-7,15H,4H2,1-3H3,(H,14,17)/b10-7-. The Morgan fingerprint density at radius 1 is 1.37 bits per heavy atom. The predicted octanol–water partition coefficient (Wildman–Crippen LogP) is 0.910. The van der Waals surface area contributed by atoms with Gasteiger partial charge in [0, 0.05) is 12.7 Å². The van der Waals surface area contributed by atoms with Crippen molar-refractivity contribution in [1.82, 2.24) is 10.3 Å². The Balaban J connectivity index is 3.00. The highest BCUT2D eigenvalue weighted by atomic mass is 16.5. The Kier molecular flexibility index (Phi) is 5.05. The van der Waals surface area contributed by atoms with E-state index in [2.05, 4.69) is 10.3 Å². The molecule has 1 aromatic heterocycles. The number of H-pyrrole nitrogens is 1. The SMILES string of the molecule is CCOC(=O)c1ccc(/C=C(/C(C)=O)C(=O)NC)[nH]1. The second-order valence-electron chi connectivity index (χ2n) is 3.74. The van der Waals surface area contributed by atoms with E-state index in [0.717, 1.165) is 0 Å². The number of aromatic amines is 1. The van der Waals surface area contributed by atoms with E-state index in [1.807, 2.05) is 0 Å². The van der Waals surface area contributed by atoms with Crippen LogP contribution in [0.4, 0.5) is 0 Å². The monoisotopic (exact) mass is 264 g/mol. The molecule has 0 radical (unpaired) electrons. The van der Waals surface area contributed by atoms with E-state index in [1.165, 1.54) is 26.1 Å². The first-order valence-electron chi connectivity index (χ1n) is 5.80. The Labute approximate surface area is 110 Å². The summed E-state index contributed by atoms with van der Waals surface area (Å²) < 4.78 is 4.83. The van der Waals surface area contributed by atoms with Crippen LogP contribution in [0, 0.1) is 0 Å². The minimum absolute atomic E-state index is 0.0137. The molecule has 0 aliphatic heterocycles. The van der Waals surface area contributed by atoms with E-state index in [0.29, 0.717) is 5.69 Å². The molecule has 0 saturated carbocycles. The number of ketones is 1. The number of ether oxygens (including phenoxy) is 1. The van der Waals surface area contributed by atoms with Gasteiger partial charge in [0.2, 0.25) is 0 Å². The number of carbonyl (C=O) groups excluding carboxylic acids is 3. The van der Waals surface area contributed by atoms with Crippen molar-refractivity contribution in [2.75, 3.05) is 13.7 Å². The molecule has 1 rings (SSSR count). The molecule has 0 aliphatic rings. The van der Waals surface area contributed by atoms with Gasteiger partial charge in [0.1, 0.15) is 5.69 Å². The maximum atomic E-state index is 11.5. The zero-order chi connectivity index (χ0) is 14.4. The van der Waals surface area contributed by atoms with Crippen LogP contribution in [0.1, 0.15) is 30.0 Å². The lowest BCUT2D eigenvalue weighted by Gasteiger charge is -2.01. The maximum absolute atomic E-state index is 11.5. The van der Waals surface area contributed by atoms with Gasteiger partial charge in [0.05, 0.1) is 12.2 Å². The van der Waals surface area contributed by atoms with Gasteiger partial charge in [-0.1, -0.05) is 0 Å². The number of amides is 1. The van der Waals surface area contributed by atoms with E-state index in [1.54, 1.807) is 13.0 Å². The quantitative estimate of drug-likeness (QED) is 0.358. The fourth-order valence-electron chi connectivity index (χ4n) is 1.44. The fourth-order valence-corrected chi connectivity index (χ4v) is 1.44. The number of hydrogen-bond donors (Lipinski definition) is 2. The van der Waals surface area contributed by atoms with Crippen LogP contribution in [0.15, 0.2) is 17.7 Å². The normalized spacial score (nSPS) is 11.0. The molecule has 0 aromatic carbocycles. The van der Waals surface area contributed by atoms with Crippen LogP contribution in [0.2, 0.25) is 0 Å². The molecule has 0 atom stereocenters. The minimum Gasteiger partial charge on any atom is -0.461 e. The van der Waals surface area contributed by atoms with Crippen molar-refractivity contribution < 1.29 is 19.1 Å². The summed E-state index contributed by atoms with van der Waals surface area (Å²) in [5.74, 6) is -1.31. The number of Topliss-reactive ketones (excluding diaryl/α,β-unsaturated/α-hetero) is 1. The van der Waals surface area contributed by atoms with E-state index in [4.69, 9.17) is 4.74 Å². The molecular weight excluding hydrogens is 248 g/mol. The third-order valence-corrected chi connectivity index (χ3v) is 2.35. The highest BCUT2D eigenvalue weighted by molar-refractivity contribution is 6.21. The second kappa shape index (κ2) is 6.53. The van der Waals surface area contributed by atoms with Crippen molar-refractivity contribution in [3.05, 3.63) is 29.1 Å². The van der Waals surface area contributed by atoms with Gasteiger partial charge in [-0.05, 0) is 32.1 Å². The molecule has 0 saturated heterocycles. The average Bonchev–Trinajstić information content (AvgIpc) is 2.83. The molecular formula is C13H16N2O4. The third-order valence-electron chi connectivity index (χ3n) is 2.35. The summed E-state index contributed by atoms with van der Waals surface area (Å²) in [7, 11) is 1.44. The molecule has 19 heavy (non-hydrogen) atoms. The Morgan fingerprint density at radius 2 is 2.05 bits per heavy atom. The maximum Gasteiger partial charge on any atom is 0.354 e. The van der Waals surface area contributed by atoms with Gasteiger partial charge in [0.15, 0.2) is 5.78 Å². The highest BCUT2D eigenvalue weighted by Crippen LogP contribution is 2.09. The van der Waals surface area contributed by atoms with Crippen LogP contribution < -0.4 is 5.32 Å². The number of nitrogens with one attached hydrogen (secondary N) is 2. The molecule has 1 aromatic rings. The molecule has 2 N–H and O–H groups in total. The third kappa shape index (κ3) is 3.80. The number of esters is 1. The first kappa shape index (κ1) is 14.7. The molecule has 6 nitrogen and oxygen atoms in total. The summed E-state index contributed by atoms with van der Waals surface area (Å²) in [6, 6.07) is 3.13. The van der Waals surface area contributed by atoms with E-state index < -0.39 is 11.9 Å². The fraction of sp³-hybridized carbons (Fsp3) is 0.308. The largest absolute Gasteiger partial charge is 0.461 e. The Hall–Kier alpha value is -2.37. The lowest BCUT2D eigenvalue weighted by molar-refractivity contribution is -0.121. The summed E-state index contributed by atoms with van der Waals surface area (Å²) >= 11 is 0. The van der Waals surface area contributed by atoms with Crippen LogP contribution >= 0.6 is 0 Å². The molecule has 0 spiro atoms. The lowest BCUT2D eigenvalue weighted by Crippen LogP contribution is -2.23. The first-order valence-corrected chi connectivity index (χ1v) is 5.80. The van der Waals surface area contributed by atoms with Crippen molar-refractivity contribution in [3.8, 4) is 0 Å². The van der Waals surface area contributed by atoms with Gasteiger partial charge >= 0.3 is 5.97 Å². The van der Waals surface area contributed by atoms with Crippen molar-refractivity contribution in [1.29, 1.82) is 0 Å². The van der Waals surface area contributed by atoms with E-state index >= 15 is 0 Å².